The van der Waals surface area contributed by atoms with Crippen molar-refractivity contribution >= 4 is 17.8 Å². The van der Waals surface area contributed by atoms with Crippen LogP contribution in [0.3, 0.4) is 0 Å². The van der Waals surface area contributed by atoms with Gasteiger partial charge in [-0.2, -0.15) is 5.10 Å². The minimum atomic E-state index is -0.398. The number of anilines is 1. The summed E-state index contributed by atoms with van der Waals surface area (Å²) in [6, 6.07) is 9.47. The van der Waals surface area contributed by atoms with Gasteiger partial charge in [0, 0.05) is 35.0 Å². The highest BCUT2D eigenvalue weighted by Crippen LogP contribution is 2.45. The molecule has 0 saturated heterocycles. The maximum Gasteiger partial charge on any atom is 0.271 e. The predicted octanol–water partition coefficient (Wildman–Crippen LogP) is 4.71. The number of carbonyl (C=O) groups excluding carboxylic acids is 1. The molecule has 1 aliphatic heterocycles. The first kappa shape index (κ1) is 20.8. The third-order valence-electron chi connectivity index (χ3n) is 5.53. The van der Waals surface area contributed by atoms with Crippen LogP contribution in [0, 0.1) is 5.82 Å². The van der Waals surface area contributed by atoms with Gasteiger partial charge >= 0.3 is 0 Å². The lowest BCUT2D eigenvalue weighted by Gasteiger charge is -2.47. The smallest absolute Gasteiger partial charge is 0.271 e. The number of nitrogens with zero attached hydrogens (tertiary/aromatic N) is 2. The summed E-state index contributed by atoms with van der Waals surface area (Å²) in [4.78, 5) is 14.6. The fourth-order valence-corrected chi connectivity index (χ4v) is 4.23. The second-order valence-electron chi connectivity index (χ2n) is 8.02. The lowest BCUT2D eigenvalue weighted by Crippen LogP contribution is -2.48. The second kappa shape index (κ2) is 8.23. The number of halogens is 1. The summed E-state index contributed by atoms with van der Waals surface area (Å²) in [7, 11) is 1.63. The van der Waals surface area contributed by atoms with Crippen molar-refractivity contribution in [2.24, 2.45) is 5.10 Å². The molecule has 0 spiro atoms. The molecule has 0 saturated carbocycles. The van der Waals surface area contributed by atoms with Gasteiger partial charge in [-0.25, -0.2) is 9.82 Å². The van der Waals surface area contributed by atoms with Crippen molar-refractivity contribution in [1.29, 1.82) is 0 Å². The molecule has 2 aromatic carbocycles. The average molecular weight is 397 g/mol. The fraction of sp³-hybridized carbons (Fsp3) is 0.391. The van der Waals surface area contributed by atoms with E-state index >= 15 is 0 Å². The van der Waals surface area contributed by atoms with Crippen molar-refractivity contribution < 1.29 is 13.9 Å². The van der Waals surface area contributed by atoms with Crippen LogP contribution in [0.4, 0.5) is 10.1 Å². The number of hydrazone groups is 1. The highest BCUT2D eigenvalue weighted by Gasteiger charge is 2.36. The van der Waals surface area contributed by atoms with Gasteiger partial charge in [0.05, 0.1) is 13.3 Å². The lowest BCUT2D eigenvalue weighted by molar-refractivity contribution is 0.0955. The Morgan fingerprint density at radius 2 is 2.03 bits per heavy atom. The normalized spacial score (nSPS) is 17.9. The summed E-state index contributed by atoms with van der Waals surface area (Å²) in [5.41, 5.74) is 6.13. The number of benzene rings is 2. The maximum atomic E-state index is 13.0. The molecule has 1 atom stereocenters. The molecule has 29 heavy (non-hydrogen) atoms. The molecule has 154 valence electrons. The number of rotatable bonds is 5. The number of ether oxygens (including phenoxy) is 1. The number of hydrogen-bond acceptors (Lipinski definition) is 4. The molecule has 1 amide bonds. The van der Waals surface area contributed by atoms with E-state index in [9.17, 15) is 9.18 Å². The summed E-state index contributed by atoms with van der Waals surface area (Å²) < 4.78 is 18.6. The van der Waals surface area contributed by atoms with Crippen LogP contribution >= 0.6 is 0 Å². The Kier molecular flexibility index (Phi) is 5.91. The number of hydrogen-bond donors (Lipinski definition) is 1. The van der Waals surface area contributed by atoms with Crippen LogP contribution in [-0.2, 0) is 0 Å². The van der Waals surface area contributed by atoms with Crippen LogP contribution in [0.15, 0.2) is 41.5 Å². The third kappa shape index (κ3) is 4.26. The van der Waals surface area contributed by atoms with Gasteiger partial charge in [-0.3, -0.25) is 4.79 Å². The lowest BCUT2D eigenvalue weighted by atomic mass is 9.79. The van der Waals surface area contributed by atoms with Crippen molar-refractivity contribution in [2.45, 2.75) is 45.6 Å². The van der Waals surface area contributed by atoms with E-state index in [2.05, 4.69) is 55.3 Å². The first-order valence-corrected chi connectivity index (χ1v) is 9.85. The number of carbonyl (C=O) groups is 1. The monoisotopic (exact) mass is 397 g/mol. The summed E-state index contributed by atoms with van der Waals surface area (Å²) in [6.07, 6.45) is 2.64. The summed E-state index contributed by atoms with van der Waals surface area (Å²) >= 11 is 0. The van der Waals surface area contributed by atoms with E-state index in [1.807, 2.05) is 0 Å². The van der Waals surface area contributed by atoms with Gasteiger partial charge in [-0.05, 0) is 69.0 Å². The van der Waals surface area contributed by atoms with Crippen molar-refractivity contribution in [3.05, 3.63) is 58.9 Å². The molecule has 2 aromatic rings. The average Bonchev–Trinajstić information content (AvgIpc) is 2.68. The van der Waals surface area contributed by atoms with Crippen molar-refractivity contribution in [3.8, 4) is 5.75 Å². The van der Waals surface area contributed by atoms with E-state index in [4.69, 9.17) is 4.74 Å². The summed E-state index contributed by atoms with van der Waals surface area (Å²) in [5.74, 6) is 0.314. The van der Waals surface area contributed by atoms with Gasteiger partial charge in [0.2, 0.25) is 0 Å². The summed E-state index contributed by atoms with van der Waals surface area (Å²) in [5, 5.41) is 4.08. The number of methoxy groups -OCH3 is 1. The van der Waals surface area contributed by atoms with Crippen LogP contribution in [0.5, 0.6) is 5.75 Å². The molecule has 5 nitrogen and oxygen atoms in total. The molecule has 0 bridgehead atoms. The zero-order valence-electron chi connectivity index (χ0n) is 17.6. The second-order valence-corrected chi connectivity index (χ2v) is 8.02. The molecule has 0 radical (unpaired) electrons. The van der Waals surface area contributed by atoms with E-state index in [1.165, 1.54) is 35.5 Å². The minimum absolute atomic E-state index is 0.0743. The molecule has 1 aliphatic rings. The van der Waals surface area contributed by atoms with Crippen LogP contribution in [-0.4, -0.2) is 31.3 Å². The Hall–Kier alpha value is -2.89. The van der Waals surface area contributed by atoms with E-state index in [0.717, 1.165) is 18.5 Å². The van der Waals surface area contributed by atoms with E-state index in [0.29, 0.717) is 17.2 Å². The highest BCUT2D eigenvalue weighted by molar-refractivity contribution is 5.95. The highest BCUT2D eigenvalue weighted by atomic mass is 19.1. The Morgan fingerprint density at radius 1 is 1.34 bits per heavy atom. The van der Waals surface area contributed by atoms with Crippen LogP contribution in [0.2, 0.25) is 0 Å². The Labute approximate surface area is 171 Å². The number of fused-ring (bicyclic) bond motifs is 1. The third-order valence-corrected chi connectivity index (χ3v) is 5.53. The van der Waals surface area contributed by atoms with Gasteiger partial charge < -0.3 is 9.64 Å². The van der Waals surface area contributed by atoms with Gasteiger partial charge in [0.1, 0.15) is 11.6 Å². The van der Waals surface area contributed by atoms with Crippen molar-refractivity contribution in [2.75, 3.05) is 18.6 Å². The fourth-order valence-electron chi connectivity index (χ4n) is 4.23. The standard InChI is InChI=1S/C23H28FN3O2/c1-6-27-20-12-21(29-5)17(11-19(20)15(2)13-23(27,3)4)14-25-26-22(28)16-7-9-18(24)10-8-16/h7-12,14-15H,6,13H2,1-5H3,(H,26,28)/b25-14-. The van der Waals surface area contributed by atoms with Crippen molar-refractivity contribution in [1.82, 2.24) is 5.43 Å². The van der Waals surface area contributed by atoms with E-state index in [1.54, 1.807) is 13.3 Å². The topological polar surface area (TPSA) is 53.9 Å². The molecule has 6 heteroatoms. The molecular weight excluding hydrogens is 369 g/mol. The largest absolute Gasteiger partial charge is 0.496 e. The molecule has 1 unspecified atom stereocenters. The van der Waals surface area contributed by atoms with Crippen LogP contribution in [0.1, 0.15) is 61.5 Å². The zero-order chi connectivity index (χ0) is 21.2. The van der Waals surface area contributed by atoms with Gasteiger partial charge in [-0.1, -0.05) is 6.92 Å². The SMILES string of the molecule is CCN1c2cc(OC)c(/C=N\NC(=O)c3ccc(F)cc3)cc2C(C)CC1(C)C. The first-order valence-electron chi connectivity index (χ1n) is 9.85. The Bertz CT molecular complexity index is 922. The quantitative estimate of drug-likeness (QED) is 0.587. The van der Waals surface area contributed by atoms with Crippen molar-refractivity contribution in [3.63, 3.8) is 0 Å². The van der Waals surface area contributed by atoms with Gasteiger partial charge in [0.15, 0.2) is 0 Å². The van der Waals surface area contributed by atoms with Crippen LogP contribution < -0.4 is 15.1 Å². The molecule has 0 fully saturated rings. The molecule has 1 N–H and O–H groups in total. The maximum absolute atomic E-state index is 13.0. The number of amides is 1. The first-order chi connectivity index (χ1) is 13.8. The molecular formula is C23H28FN3O2. The Balaban J connectivity index is 1.86. The van der Waals surface area contributed by atoms with E-state index < -0.39 is 5.91 Å². The number of nitrogens with one attached hydrogen (secondary N) is 1. The predicted molar refractivity (Wildman–Crippen MR) is 115 cm³/mol. The van der Waals surface area contributed by atoms with Crippen LogP contribution in [0.25, 0.3) is 0 Å². The molecule has 3 rings (SSSR count). The Morgan fingerprint density at radius 3 is 2.66 bits per heavy atom. The minimum Gasteiger partial charge on any atom is -0.496 e. The molecule has 0 aliphatic carbocycles. The zero-order valence-corrected chi connectivity index (χ0v) is 17.6. The van der Waals surface area contributed by atoms with Gasteiger partial charge in [-0.15, -0.1) is 0 Å². The summed E-state index contributed by atoms with van der Waals surface area (Å²) in [6.45, 7) is 9.84. The van der Waals surface area contributed by atoms with E-state index in [-0.39, 0.29) is 11.4 Å². The molecule has 0 aromatic heterocycles. The van der Waals surface area contributed by atoms with Gasteiger partial charge in [0.25, 0.3) is 5.91 Å². The molecule has 1 heterocycles.